The van der Waals surface area contributed by atoms with Crippen molar-refractivity contribution in [3.63, 3.8) is 0 Å². The van der Waals surface area contributed by atoms with Crippen molar-refractivity contribution in [1.29, 1.82) is 0 Å². The third-order valence-electron chi connectivity index (χ3n) is 4.28. The zero-order valence-corrected chi connectivity index (χ0v) is 19.9. The molecule has 0 spiro atoms. The predicted octanol–water partition coefficient (Wildman–Crippen LogP) is 3.81. The van der Waals surface area contributed by atoms with E-state index in [1.54, 1.807) is 11.3 Å². The highest BCUT2D eigenvalue weighted by Gasteiger charge is 2.10. The first kappa shape index (κ1) is 22.4. The highest BCUT2D eigenvalue weighted by atomic mass is 127. The summed E-state index contributed by atoms with van der Waals surface area (Å²) in [6.07, 6.45) is 4.92. The summed E-state index contributed by atoms with van der Waals surface area (Å²) in [7, 11) is 3.85. The molecule has 0 unspecified atom stereocenters. The van der Waals surface area contributed by atoms with E-state index in [2.05, 4.69) is 45.3 Å². The molecular weight excluding hydrogens is 483 g/mol. The van der Waals surface area contributed by atoms with Crippen molar-refractivity contribution in [3.8, 4) is 5.69 Å². The number of aromatic nitrogens is 3. The van der Waals surface area contributed by atoms with Crippen LogP contribution in [0, 0.1) is 13.8 Å². The van der Waals surface area contributed by atoms with E-state index in [0.717, 1.165) is 47.4 Å². The number of benzene rings is 1. The number of para-hydroxylation sites is 1. The lowest BCUT2D eigenvalue weighted by Gasteiger charge is -2.21. The summed E-state index contributed by atoms with van der Waals surface area (Å²) in [5.41, 5.74) is 3.33. The fourth-order valence-electron chi connectivity index (χ4n) is 2.99. The maximum atomic E-state index is 4.49. The van der Waals surface area contributed by atoms with Crippen molar-refractivity contribution in [2.75, 3.05) is 20.6 Å². The van der Waals surface area contributed by atoms with Crippen molar-refractivity contribution in [2.24, 2.45) is 4.99 Å². The van der Waals surface area contributed by atoms with Gasteiger partial charge in [0, 0.05) is 50.2 Å². The van der Waals surface area contributed by atoms with Gasteiger partial charge in [-0.3, -0.25) is 4.99 Å². The molecule has 0 bridgehead atoms. The SMILES string of the molecule is CN=C(NCCc1sc(C)nc1C)N(C)Cc1cnn(-c2ccccc2)c1.I. The van der Waals surface area contributed by atoms with E-state index in [1.807, 2.05) is 55.3 Å². The first-order valence-electron chi connectivity index (χ1n) is 9.00. The van der Waals surface area contributed by atoms with E-state index in [4.69, 9.17) is 0 Å². The Morgan fingerprint density at radius 2 is 2.00 bits per heavy atom. The highest BCUT2D eigenvalue weighted by molar-refractivity contribution is 14.0. The minimum Gasteiger partial charge on any atom is -0.356 e. The Kier molecular flexibility index (Phi) is 8.43. The lowest BCUT2D eigenvalue weighted by molar-refractivity contribution is 0.477. The zero-order valence-electron chi connectivity index (χ0n) is 16.7. The molecule has 1 N–H and O–H groups in total. The van der Waals surface area contributed by atoms with Crippen LogP contribution in [0.3, 0.4) is 0 Å². The lowest BCUT2D eigenvalue weighted by atomic mass is 10.3. The molecule has 2 aromatic heterocycles. The molecule has 8 heteroatoms. The lowest BCUT2D eigenvalue weighted by Crippen LogP contribution is -2.39. The third-order valence-corrected chi connectivity index (χ3v) is 5.42. The van der Waals surface area contributed by atoms with E-state index >= 15 is 0 Å². The predicted molar refractivity (Wildman–Crippen MR) is 127 cm³/mol. The second kappa shape index (κ2) is 10.6. The Morgan fingerprint density at radius 3 is 2.64 bits per heavy atom. The van der Waals surface area contributed by atoms with Crippen LogP contribution in [0.15, 0.2) is 47.7 Å². The number of thiazole rings is 1. The number of aryl methyl sites for hydroxylation is 2. The first-order chi connectivity index (χ1) is 13.1. The second-order valence-electron chi connectivity index (χ2n) is 6.45. The van der Waals surface area contributed by atoms with Gasteiger partial charge in [-0.15, -0.1) is 35.3 Å². The molecule has 150 valence electrons. The molecule has 3 rings (SSSR count). The number of aliphatic imine (C=N–C) groups is 1. The summed E-state index contributed by atoms with van der Waals surface area (Å²) in [5, 5.41) is 9.03. The second-order valence-corrected chi connectivity index (χ2v) is 7.74. The van der Waals surface area contributed by atoms with E-state index in [1.165, 1.54) is 4.88 Å². The van der Waals surface area contributed by atoms with Crippen LogP contribution in [-0.2, 0) is 13.0 Å². The summed E-state index contributed by atoms with van der Waals surface area (Å²) >= 11 is 1.77. The standard InChI is InChI=1S/C20H26N6S.HI/c1-15-19(27-16(2)24-15)10-11-22-20(21-3)25(4)13-17-12-23-26(14-17)18-8-6-5-7-9-18;/h5-9,12,14H,10-11,13H2,1-4H3,(H,21,22);1H. The fourth-order valence-corrected chi connectivity index (χ4v) is 3.93. The van der Waals surface area contributed by atoms with Crippen LogP contribution in [0.5, 0.6) is 0 Å². The summed E-state index contributed by atoms with van der Waals surface area (Å²) in [6.45, 7) is 5.70. The molecule has 3 aromatic rings. The van der Waals surface area contributed by atoms with Gasteiger partial charge in [0.15, 0.2) is 5.96 Å². The molecular formula is C20H27IN6S. The number of hydrogen-bond acceptors (Lipinski definition) is 4. The molecule has 2 heterocycles. The minimum atomic E-state index is 0. The van der Waals surface area contributed by atoms with Crippen molar-refractivity contribution in [1.82, 2.24) is 25.0 Å². The molecule has 0 aliphatic heterocycles. The van der Waals surface area contributed by atoms with Crippen molar-refractivity contribution < 1.29 is 0 Å². The van der Waals surface area contributed by atoms with Gasteiger partial charge in [0.25, 0.3) is 0 Å². The Labute approximate surface area is 187 Å². The fraction of sp³-hybridized carbons (Fsp3) is 0.350. The van der Waals surface area contributed by atoms with Gasteiger partial charge in [-0.2, -0.15) is 5.10 Å². The van der Waals surface area contributed by atoms with Gasteiger partial charge in [-0.1, -0.05) is 18.2 Å². The van der Waals surface area contributed by atoms with E-state index in [9.17, 15) is 0 Å². The molecule has 0 atom stereocenters. The largest absolute Gasteiger partial charge is 0.356 e. The van der Waals surface area contributed by atoms with Gasteiger partial charge in [-0.05, 0) is 26.0 Å². The van der Waals surface area contributed by atoms with Gasteiger partial charge < -0.3 is 10.2 Å². The summed E-state index contributed by atoms with van der Waals surface area (Å²) < 4.78 is 1.90. The third kappa shape index (κ3) is 5.78. The van der Waals surface area contributed by atoms with E-state index in [0.29, 0.717) is 0 Å². The number of nitrogens with zero attached hydrogens (tertiary/aromatic N) is 5. The van der Waals surface area contributed by atoms with Crippen LogP contribution >= 0.6 is 35.3 Å². The van der Waals surface area contributed by atoms with E-state index < -0.39 is 0 Å². The highest BCUT2D eigenvalue weighted by Crippen LogP contribution is 2.17. The number of nitrogens with one attached hydrogen (secondary N) is 1. The Hall–Kier alpha value is -1.94. The maximum absolute atomic E-state index is 4.49. The summed E-state index contributed by atoms with van der Waals surface area (Å²) in [6, 6.07) is 10.1. The Bertz CT molecular complexity index is 903. The molecule has 0 aliphatic carbocycles. The number of guanidine groups is 1. The quantitative estimate of drug-likeness (QED) is 0.311. The minimum absolute atomic E-state index is 0. The Balaban J connectivity index is 0.00000280. The molecule has 6 nitrogen and oxygen atoms in total. The van der Waals surface area contributed by atoms with Gasteiger partial charge in [-0.25, -0.2) is 9.67 Å². The molecule has 28 heavy (non-hydrogen) atoms. The van der Waals surface area contributed by atoms with Crippen LogP contribution in [0.2, 0.25) is 0 Å². The van der Waals surface area contributed by atoms with Crippen LogP contribution in [0.1, 0.15) is 21.1 Å². The average Bonchev–Trinajstić information content (AvgIpc) is 3.25. The normalized spacial score (nSPS) is 11.2. The molecule has 0 amide bonds. The van der Waals surface area contributed by atoms with Crippen LogP contribution < -0.4 is 5.32 Å². The smallest absolute Gasteiger partial charge is 0.193 e. The summed E-state index contributed by atoms with van der Waals surface area (Å²) in [4.78, 5) is 12.3. The maximum Gasteiger partial charge on any atom is 0.193 e. The van der Waals surface area contributed by atoms with Gasteiger partial charge in [0.1, 0.15) is 0 Å². The number of hydrogen-bond donors (Lipinski definition) is 1. The Morgan fingerprint density at radius 1 is 1.25 bits per heavy atom. The molecule has 1 aromatic carbocycles. The topological polar surface area (TPSA) is 58.3 Å². The molecule has 0 saturated heterocycles. The molecule has 0 saturated carbocycles. The van der Waals surface area contributed by atoms with Gasteiger partial charge in [0.05, 0.1) is 22.6 Å². The van der Waals surface area contributed by atoms with Crippen molar-refractivity contribution >= 4 is 41.3 Å². The van der Waals surface area contributed by atoms with Crippen molar-refractivity contribution in [2.45, 2.75) is 26.8 Å². The molecule has 0 radical (unpaired) electrons. The van der Waals surface area contributed by atoms with Crippen LogP contribution in [-0.4, -0.2) is 46.3 Å². The zero-order chi connectivity index (χ0) is 19.2. The summed E-state index contributed by atoms with van der Waals surface area (Å²) in [5.74, 6) is 0.876. The molecule has 0 fully saturated rings. The first-order valence-corrected chi connectivity index (χ1v) is 9.82. The van der Waals surface area contributed by atoms with Crippen LogP contribution in [0.25, 0.3) is 5.69 Å². The molecule has 0 aliphatic rings. The average molecular weight is 510 g/mol. The number of rotatable bonds is 6. The van der Waals surface area contributed by atoms with Gasteiger partial charge in [0.2, 0.25) is 0 Å². The van der Waals surface area contributed by atoms with E-state index in [-0.39, 0.29) is 24.0 Å². The number of halogens is 1. The van der Waals surface area contributed by atoms with Crippen LogP contribution in [0.4, 0.5) is 0 Å². The monoisotopic (exact) mass is 510 g/mol. The van der Waals surface area contributed by atoms with Crippen molar-refractivity contribution in [3.05, 3.63) is 63.9 Å². The van der Waals surface area contributed by atoms with Gasteiger partial charge >= 0.3 is 0 Å².